The summed E-state index contributed by atoms with van der Waals surface area (Å²) < 4.78 is 13.1. The first-order valence-corrected chi connectivity index (χ1v) is 13.0. The smallest absolute Gasteiger partial charge is 0.232 e. The number of likely N-dealkylation sites (tertiary alicyclic amines) is 2. The summed E-state index contributed by atoms with van der Waals surface area (Å²) in [6, 6.07) is 15.6. The third-order valence-corrected chi connectivity index (χ3v) is 7.47. The molecule has 2 saturated heterocycles. The summed E-state index contributed by atoms with van der Waals surface area (Å²) in [7, 11) is 1.75. The fourth-order valence-electron chi connectivity index (χ4n) is 5.27. The van der Waals surface area contributed by atoms with Gasteiger partial charge in [-0.1, -0.05) is 24.6 Å². The largest absolute Gasteiger partial charge is 0.345 e. The van der Waals surface area contributed by atoms with E-state index in [4.69, 9.17) is 0 Å². The molecular formula is C29H36FN3O3. The number of anilines is 1. The van der Waals surface area contributed by atoms with Gasteiger partial charge in [0.15, 0.2) is 5.78 Å². The highest BCUT2D eigenvalue weighted by Crippen LogP contribution is 2.25. The van der Waals surface area contributed by atoms with Crippen molar-refractivity contribution in [3.05, 3.63) is 66.0 Å². The Kier molecular flexibility index (Phi) is 8.86. The molecule has 2 amide bonds. The topological polar surface area (TPSA) is 60.9 Å². The molecule has 2 aliphatic rings. The molecule has 0 aromatic heterocycles. The first-order chi connectivity index (χ1) is 17.4. The number of ketones is 1. The zero-order chi connectivity index (χ0) is 25.5. The molecule has 0 aliphatic carbocycles. The monoisotopic (exact) mass is 493 g/mol. The Labute approximate surface area is 213 Å². The van der Waals surface area contributed by atoms with E-state index in [-0.39, 0.29) is 41.7 Å². The molecule has 2 fully saturated rings. The molecule has 1 unspecified atom stereocenters. The number of rotatable bonds is 10. The number of hydrogen-bond acceptors (Lipinski definition) is 4. The van der Waals surface area contributed by atoms with Crippen LogP contribution in [0.5, 0.6) is 0 Å². The number of unbranched alkanes of at least 4 members (excludes halogenated alkanes) is 2. The van der Waals surface area contributed by atoms with E-state index in [0.29, 0.717) is 18.7 Å². The highest BCUT2D eigenvalue weighted by atomic mass is 19.1. The Balaban J connectivity index is 1.20. The van der Waals surface area contributed by atoms with Gasteiger partial charge in [-0.25, -0.2) is 4.39 Å². The van der Waals surface area contributed by atoms with Crippen LogP contribution in [0.3, 0.4) is 0 Å². The molecule has 0 spiro atoms. The average Bonchev–Trinajstić information content (AvgIpc) is 3.24. The number of piperidine rings is 1. The van der Waals surface area contributed by atoms with Crippen LogP contribution in [0.4, 0.5) is 10.1 Å². The van der Waals surface area contributed by atoms with Crippen LogP contribution in [0.25, 0.3) is 0 Å². The Morgan fingerprint density at radius 3 is 2.28 bits per heavy atom. The summed E-state index contributed by atoms with van der Waals surface area (Å²) in [4.78, 5) is 43.8. The molecule has 2 aromatic carbocycles. The summed E-state index contributed by atoms with van der Waals surface area (Å²) in [6.07, 6.45) is 4.91. The van der Waals surface area contributed by atoms with Crippen molar-refractivity contribution in [3.8, 4) is 0 Å². The Morgan fingerprint density at radius 1 is 0.944 bits per heavy atom. The third-order valence-electron chi connectivity index (χ3n) is 7.47. The number of nitrogens with zero attached hydrogens (tertiary/aromatic N) is 3. The van der Waals surface area contributed by atoms with Gasteiger partial charge in [-0.2, -0.15) is 0 Å². The number of carbonyl (C=O) groups excluding carboxylic acids is 3. The van der Waals surface area contributed by atoms with Crippen LogP contribution in [0, 0.1) is 17.7 Å². The SMILES string of the molecule is CN1CC(C(=O)N(CCCCCN2CCC(C(=O)c3ccc(F)cc3)CC2)c2ccccc2)CC1=O. The Morgan fingerprint density at radius 2 is 1.64 bits per heavy atom. The van der Waals surface area contributed by atoms with Crippen LogP contribution < -0.4 is 4.90 Å². The maximum absolute atomic E-state index is 13.2. The lowest BCUT2D eigenvalue weighted by Crippen LogP contribution is -2.38. The van der Waals surface area contributed by atoms with Gasteiger partial charge >= 0.3 is 0 Å². The second-order valence-electron chi connectivity index (χ2n) is 10.0. The van der Waals surface area contributed by atoms with E-state index in [2.05, 4.69) is 4.90 Å². The van der Waals surface area contributed by atoms with Crippen molar-refractivity contribution in [1.29, 1.82) is 0 Å². The highest BCUT2D eigenvalue weighted by molar-refractivity contribution is 5.99. The van der Waals surface area contributed by atoms with Gasteiger partial charge in [-0.05, 0) is 81.7 Å². The lowest BCUT2D eigenvalue weighted by Gasteiger charge is -2.31. The van der Waals surface area contributed by atoms with Gasteiger partial charge in [0.1, 0.15) is 5.82 Å². The van der Waals surface area contributed by atoms with Crippen molar-refractivity contribution in [1.82, 2.24) is 9.80 Å². The first-order valence-electron chi connectivity index (χ1n) is 13.0. The molecule has 36 heavy (non-hydrogen) atoms. The molecule has 2 aliphatic heterocycles. The van der Waals surface area contributed by atoms with Gasteiger partial charge in [0.25, 0.3) is 0 Å². The van der Waals surface area contributed by atoms with E-state index < -0.39 is 0 Å². The number of Topliss-reactive ketones (excluding diaryl/α,β-unsaturated/α-hetero) is 1. The van der Waals surface area contributed by atoms with Gasteiger partial charge in [-0.3, -0.25) is 14.4 Å². The molecule has 0 saturated carbocycles. The molecule has 0 N–H and O–H groups in total. The fraction of sp³-hybridized carbons (Fsp3) is 0.483. The number of amides is 2. The van der Waals surface area contributed by atoms with E-state index in [1.165, 1.54) is 12.1 Å². The minimum absolute atomic E-state index is 0.0127. The van der Waals surface area contributed by atoms with Gasteiger partial charge in [0.2, 0.25) is 11.8 Å². The summed E-state index contributed by atoms with van der Waals surface area (Å²) in [5.41, 5.74) is 1.48. The van der Waals surface area contributed by atoms with E-state index in [9.17, 15) is 18.8 Å². The molecule has 192 valence electrons. The lowest BCUT2D eigenvalue weighted by molar-refractivity contribution is -0.127. The van der Waals surface area contributed by atoms with Crippen LogP contribution >= 0.6 is 0 Å². The maximum Gasteiger partial charge on any atom is 0.232 e. The molecular weight excluding hydrogens is 457 g/mol. The Hall–Kier alpha value is -3.06. The van der Waals surface area contributed by atoms with Gasteiger partial charge in [0.05, 0.1) is 5.92 Å². The number of carbonyl (C=O) groups is 3. The van der Waals surface area contributed by atoms with Crippen LogP contribution in [-0.2, 0) is 9.59 Å². The lowest BCUT2D eigenvalue weighted by atomic mass is 9.89. The van der Waals surface area contributed by atoms with Crippen molar-refractivity contribution in [2.75, 3.05) is 44.7 Å². The molecule has 1 atom stereocenters. The predicted molar refractivity (Wildman–Crippen MR) is 138 cm³/mol. The molecule has 0 bridgehead atoms. The highest BCUT2D eigenvalue weighted by Gasteiger charge is 2.35. The first kappa shape index (κ1) is 26.0. The van der Waals surface area contributed by atoms with Crippen LogP contribution in [-0.4, -0.2) is 67.2 Å². The molecule has 2 aromatic rings. The minimum Gasteiger partial charge on any atom is -0.345 e. The third kappa shape index (κ3) is 6.58. The number of halogens is 1. The van der Waals surface area contributed by atoms with Crippen molar-refractivity contribution >= 4 is 23.3 Å². The van der Waals surface area contributed by atoms with E-state index in [1.807, 2.05) is 35.2 Å². The van der Waals surface area contributed by atoms with E-state index in [1.54, 1.807) is 24.1 Å². The zero-order valence-electron chi connectivity index (χ0n) is 21.1. The molecule has 7 heteroatoms. The normalized spacial score (nSPS) is 19.0. The molecule has 2 heterocycles. The number of para-hydroxylation sites is 1. The summed E-state index contributed by atoms with van der Waals surface area (Å²) in [6.45, 7) is 3.91. The van der Waals surface area contributed by atoms with Crippen molar-refractivity contribution in [2.45, 2.75) is 38.5 Å². The quantitative estimate of drug-likeness (QED) is 0.364. The molecule has 6 nitrogen and oxygen atoms in total. The molecule has 0 radical (unpaired) electrons. The average molecular weight is 494 g/mol. The zero-order valence-corrected chi connectivity index (χ0v) is 21.1. The second-order valence-corrected chi connectivity index (χ2v) is 10.0. The number of hydrogen-bond donors (Lipinski definition) is 0. The molecule has 4 rings (SSSR count). The minimum atomic E-state index is -0.320. The van der Waals surface area contributed by atoms with Crippen molar-refractivity contribution < 1.29 is 18.8 Å². The van der Waals surface area contributed by atoms with Gasteiger partial charge < -0.3 is 14.7 Å². The van der Waals surface area contributed by atoms with Crippen molar-refractivity contribution in [3.63, 3.8) is 0 Å². The summed E-state index contributed by atoms with van der Waals surface area (Å²) in [5.74, 6) is -0.397. The maximum atomic E-state index is 13.2. The number of benzene rings is 2. The fourth-order valence-corrected chi connectivity index (χ4v) is 5.27. The second kappa shape index (κ2) is 12.3. The Bertz CT molecular complexity index is 1040. The van der Waals surface area contributed by atoms with Crippen LogP contribution in [0.15, 0.2) is 54.6 Å². The van der Waals surface area contributed by atoms with E-state index >= 15 is 0 Å². The van der Waals surface area contributed by atoms with Gasteiger partial charge in [-0.15, -0.1) is 0 Å². The summed E-state index contributed by atoms with van der Waals surface area (Å²) in [5, 5.41) is 0. The predicted octanol–water partition coefficient (Wildman–Crippen LogP) is 4.40. The van der Waals surface area contributed by atoms with Crippen LogP contribution in [0.2, 0.25) is 0 Å². The van der Waals surface area contributed by atoms with Crippen LogP contribution in [0.1, 0.15) is 48.9 Å². The standard InChI is InChI=1S/C29H36FN3O3/c1-31-21-24(20-27(31)34)29(36)33(26-8-4-2-5-9-26)17-7-3-6-16-32-18-14-23(15-19-32)28(35)22-10-12-25(30)13-11-22/h2,4-5,8-13,23-24H,3,6-7,14-21H2,1H3. The van der Waals surface area contributed by atoms with E-state index in [0.717, 1.165) is 57.4 Å². The van der Waals surface area contributed by atoms with Gasteiger partial charge in [0, 0.05) is 43.7 Å². The summed E-state index contributed by atoms with van der Waals surface area (Å²) >= 11 is 0. The van der Waals surface area contributed by atoms with Crippen molar-refractivity contribution in [2.24, 2.45) is 11.8 Å².